The van der Waals surface area contributed by atoms with Gasteiger partial charge in [-0.05, 0) is 38.7 Å². The molecule has 1 saturated carbocycles. The highest BCUT2D eigenvalue weighted by Crippen LogP contribution is 2.39. The zero-order chi connectivity index (χ0) is 14.5. The van der Waals surface area contributed by atoms with Gasteiger partial charge in [-0.25, -0.2) is 4.98 Å². The lowest BCUT2D eigenvalue weighted by Crippen LogP contribution is -2.45. The van der Waals surface area contributed by atoms with Crippen molar-refractivity contribution in [3.63, 3.8) is 0 Å². The first-order valence-electron chi connectivity index (χ1n) is 8.29. The summed E-state index contributed by atoms with van der Waals surface area (Å²) in [6.07, 6.45) is 10.5. The van der Waals surface area contributed by atoms with E-state index in [9.17, 15) is 0 Å². The van der Waals surface area contributed by atoms with E-state index < -0.39 is 0 Å². The lowest BCUT2D eigenvalue weighted by atomic mass is 9.78. The highest BCUT2D eigenvalue weighted by molar-refractivity contribution is 5.43. The maximum atomic E-state index is 6.15. The van der Waals surface area contributed by atoms with E-state index in [1.165, 1.54) is 32.1 Å². The number of aromatic nitrogens is 1. The van der Waals surface area contributed by atoms with Gasteiger partial charge in [-0.3, -0.25) is 0 Å². The van der Waals surface area contributed by atoms with Gasteiger partial charge in [0.25, 0.3) is 0 Å². The monoisotopic (exact) mass is 290 g/mol. The molecule has 3 rings (SSSR count). The number of nitrogens with zero attached hydrogens (tertiary/aromatic N) is 1. The molecule has 2 heterocycles. The molecule has 0 bridgehead atoms. The largest absolute Gasteiger partial charge is 0.478 e. The first-order chi connectivity index (χ1) is 10.3. The molecular formula is C17H26N2O2. The normalized spacial score (nSPS) is 24.7. The fourth-order valence-electron chi connectivity index (χ4n) is 3.63. The Morgan fingerprint density at radius 2 is 2.19 bits per heavy atom. The van der Waals surface area contributed by atoms with Gasteiger partial charge >= 0.3 is 0 Å². The van der Waals surface area contributed by atoms with Gasteiger partial charge in [0.1, 0.15) is 0 Å². The average molecular weight is 290 g/mol. The van der Waals surface area contributed by atoms with Crippen LogP contribution < -0.4 is 10.1 Å². The summed E-state index contributed by atoms with van der Waals surface area (Å²) in [5, 5.41) is 3.62. The third kappa shape index (κ3) is 3.67. The smallest absolute Gasteiger partial charge is 0.213 e. The van der Waals surface area contributed by atoms with Crippen molar-refractivity contribution >= 4 is 5.69 Å². The number of ether oxygens (including phenoxy) is 2. The quantitative estimate of drug-likeness (QED) is 0.916. The molecule has 1 N–H and O–H groups in total. The summed E-state index contributed by atoms with van der Waals surface area (Å²) in [5.41, 5.74) is 1.23. The van der Waals surface area contributed by atoms with Crippen LogP contribution in [0, 0.1) is 0 Å². The number of anilines is 1. The Balaban J connectivity index is 1.59. The Morgan fingerprint density at radius 3 is 2.90 bits per heavy atom. The van der Waals surface area contributed by atoms with Crippen LogP contribution in [-0.4, -0.2) is 29.8 Å². The van der Waals surface area contributed by atoms with Crippen LogP contribution in [0.4, 0.5) is 5.69 Å². The van der Waals surface area contributed by atoms with E-state index in [4.69, 9.17) is 9.47 Å². The zero-order valence-electron chi connectivity index (χ0n) is 12.9. The van der Waals surface area contributed by atoms with Gasteiger partial charge in [0.05, 0.1) is 24.1 Å². The van der Waals surface area contributed by atoms with E-state index in [0.29, 0.717) is 18.5 Å². The fourth-order valence-corrected chi connectivity index (χ4v) is 3.63. The van der Waals surface area contributed by atoms with Gasteiger partial charge in [0.2, 0.25) is 5.88 Å². The van der Waals surface area contributed by atoms with Crippen molar-refractivity contribution in [2.45, 2.75) is 63.5 Å². The number of hydrogen-bond acceptors (Lipinski definition) is 4. The van der Waals surface area contributed by atoms with Crippen molar-refractivity contribution in [2.75, 3.05) is 18.5 Å². The Hall–Kier alpha value is -1.29. The second kappa shape index (κ2) is 6.65. The van der Waals surface area contributed by atoms with Crippen LogP contribution >= 0.6 is 0 Å². The first-order valence-corrected chi connectivity index (χ1v) is 8.29. The van der Waals surface area contributed by atoms with Gasteiger partial charge in [0.15, 0.2) is 0 Å². The predicted octanol–water partition coefficient (Wildman–Crippen LogP) is 3.77. The second-order valence-electron chi connectivity index (χ2n) is 6.24. The molecule has 2 aliphatic rings. The van der Waals surface area contributed by atoms with Crippen molar-refractivity contribution in [1.29, 1.82) is 0 Å². The minimum absolute atomic E-state index is 0.146. The molecule has 0 aromatic carbocycles. The van der Waals surface area contributed by atoms with Gasteiger partial charge < -0.3 is 14.8 Å². The lowest BCUT2D eigenvalue weighted by molar-refractivity contribution is -0.103. The van der Waals surface area contributed by atoms with Crippen molar-refractivity contribution in [1.82, 2.24) is 4.98 Å². The third-order valence-corrected chi connectivity index (χ3v) is 4.66. The molecule has 1 aromatic rings. The molecule has 1 saturated heterocycles. The lowest BCUT2D eigenvalue weighted by Gasteiger charge is -2.43. The SMILES string of the molecule is CCOc1ccc(NC2CCOC3(CCCCC3)C2)cn1. The van der Waals surface area contributed by atoms with E-state index in [1.807, 2.05) is 19.2 Å². The first kappa shape index (κ1) is 14.6. The van der Waals surface area contributed by atoms with Gasteiger partial charge in [-0.2, -0.15) is 0 Å². The molecule has 4 nitrogen and oxygen atoms in total. The summed E-state index contributed by atoms with van der Waals surface area (Å²) >= 11 is 0. The van der Waals surface area contributed by atoms with Crippen molar-refractivity contribution < 1.29 is 9.47 Å². The van der Waals surface area contributed by atoms with Crippen molar-refractivity contribution in [2.24, 2.45) is 0 Å². The van der Waals surface area contributed by atoms with Gasteiger partial charge in [0, 0.05) is 18.7 Å². The predicted molar refractivity (Wildman–Crippen MR) is 83.8 cm³/mol. The third-order valence-electron chi connectivity index (χ3n) is 4.66. The van der Waals surface area contributed by atoms with Crippen molar-refractivity contribution in [3.8, 4) is 5.88 Å². The maximum Gasteiger partial charge on any atom is 0.213 e. The molecule has 4 heteroatoms. The molecule has 1 unspecified atom stereocenters. The highest BCUT2D eigenvalue weighted by atomic mass is 16.5. The van der Waals surface area contributed by atoms with Crippen LogP contribution in [0.2, 0.25) is 0 Å². The molecule has 2 fully saturated rings. The summed E-state index contributed by atoms with van der Waals surface area (Å²) < 4.78 is 11.5. The maximum absolute atomic E-state index is 6.15. The van der Waals surface area contributed by atoms with Crippen LogP contribution in [-0.2, 0) is 4.74 Å². The Bertz CT molecular complexity index is 435. The summed E-state index contributed by atoms with van der Waals surface area (Å²) in [5.74, 6) is 0.693. The number of hydrogen-bond donors (Lipinski definition) is 1. The van der Waals surface area contributed by atoms with Crippen molar-refractivity contribution in [3.05, 3.63) is 18.3 Å². The number of nitrogens with one attached hydrogen (secondary N) is 1. The molecular weight excluding hydrogens is 264 g/mol. The molecule has 116 valence electrons. The number of rotatable bonds is 4. The molecule has 0 radical (unpaired) electrons. The topological polar surface area (TPSA) is 43.4 Å². The van der Waals surface area contributed by atoms with E-state index in [2.05, 4.69) is 16.4 Å². The second-order valence-corrected chi connectivity index (χ2v) is 6.24. The molecule has 21 heavy (non-hydrogen) atoms. The number of pyridine rings is 1. The van der Waals surface area contributed by atoms with E-state index in [1.54, 1.807) is 0 Å². The summed E-state index contributed by atoms with van der Waals surface area (Å²) in [6.45, 7) is 3.50. The van der Waals surface area contributed by atoms with E-state index in [-0.39, 0.29) is 5.60 Å². The Morgan fingerprint density at radius 1 is 1.33 bits per heavy atom. The summed E-state index contributed by atoms with van der Waals surface area (Å²) in [4.78, 5) is 4.32. The van der Waals surface area contributed by atoms with Gasteiger partial charge in [-0.1, -0.05) is 19.3 Å². The highest BCUT2D eigenvalue weighted by Gasteiger charge is 2.38. The van der Waals surface area contributed by atoms with Crippen LogP contribution in [0.25, 0.3) is 0 Å². The fraction of sp³-hybridized carbons (Fsp3) is 0.706. The zero-order valence-corrected chi connectivity index (χ0v) is 12.9. The molecule has 1 atom stereocenters. The van der Waals surface area contributed by atoms with Crippen LogP contribution in [0.15, 0.2) is 18.3 Å². The molecule has 0 amide bonds. The molecule has 1 aromatic heterocycles. The minimum Gasteiger partial charge on any atom is -0.478 e. The summed E-state index contributed by atoms with van der Waals surface area (Å²) in [7, 11) is 0. The standard InChI is InChI=1S/C17H26N2O2/c1-2-20-16-7-6-15(13-18-16)19-14-8-11-21-17(12-14)9-4-3-5-10-17/h6-7,13-14,19H,2-5,8-12H2,1H3. The van der Waals surface area contributed by atoms with E-state index in [0.717, 1.165) is 25.1 Å². The molecule has 1 aliphatic carbocycles. The Kier molecular flexibility index (Phi) is 4.63. The Labute approximate surface area is 127 Å². The van der Waals surface area contributed by atoms with Gasteiger partial charge in [-0.15, -0.1) is 0 Å². The van der Waals surface area contributed by atoms with Crippen LogP contribution in [0.3, 0.4) is 0 Å². The minimum atomic E-state index is 0.146. The van der Waals surface area contributed by atoms with E-state index >= 15 is 0 Å². The molecule has 1 spiro atoms. The molecule has 1 aliphatic heterocycles. The summed E-state index contributed by atoms with van der Waals surface area (Å²) in [6, 6.07) is 4.49. The van der Waals surface area contributed by atoms with Crippen LogP contribution in [0.1, 0.15) is 51.9 Å². The average Bonchev–Trinajstić information content (AvgIpc) is 2.50. The van der Waals surface area contributed by atoms with Crippen LogP contribution in [0.5, 0.6) is 5.88 Å².